The van der Waals surface area contributed by atoms with Gasteiger partial charge in [0.2, 0.25) is 0 Å². The lowest BCUT2D eigenvalue weighted by Crippen LogP contribution is -2.38. The number of rotatable bonds is 5. The molecule has 3 heterocycles. The third-order valence-electron chi connectivity index (χ3n) is 5.02. The summed E-state index contributed by atoms with van der Waals surface area (Å²) in [6.45, 7) is 4.78. The lowest BCUT2D eigenvalue weighted by atomic mass is 9.99. The Hall–Kier alpha value is -2.89. The first kappa shape index (κ1) is 17.5. The van der Waals surface area contributed by atoms with Gasteiger partial charge in [0.1, 0.15) is 11.4 Å². The number of aryl methyl sites for hydroxylation is 2. The van der Waals surface area contributed by atoms with Crippen molar-refractivity contribution in [2.24, 2.45) is 13.0 Å². The Balaban J connectivity index is 1.38. The molecule has 27 heavy (non-hydrogen) atoms. The van der Waals surface area contributed by atoms with Gasteiger partial charge in [-0.05, 0) is 49.6 Å². The van der Waals surface area contributed by atoms with Gasteiger partial charge in [0, 0.05) is 38.4 Å². The molecule has 1 aromatic carbocycles. The SMILES string of the molecule is Cc1cccc(OC[C@H]2CCCN(c3ccc(-c4nccn4C)nn3)C2)c1. The molecule has 4 rings (SSSR count). The highest BCUT2D eigenvalue weighted by molar-refractivity contribution is 5.51. The summed E-state index contributed by atoms with van der Waals surface area (Å²) < 4.78 is 7.97. The quantitative estimate of drug-likeness (QED) is 0.695. The van der Waals surface area contributed by atoms with Gasteiger partial charge in [0.05, 0.1) is 6.61 Å². The maximum Gasteiger partial charge on any atom is 0.160 e. The fourth-order valence-electron chi connectivity index (χ4n) is 3.55. The third kappa shape index (κ3) is 4.10. The molecule has 6 heteroatoms. The molecule has 0 radical (unpaired) electrons. The topological polar surface area (TPSA) is 56.1 Å². The fourth-order valence-corrected chi connectivity index (χ4v) is 3.55. The second-order valence-corrected chi connectivity index (χ2v) is 7.22. The van der Waals surface area contributed by atoms with Crippen molar-refractivity contribution in [3.8, 4) is 17.3 Å². The monoisotopic (exact) mass is 363 g/mol. The van der Waals surface area contributed by atoms with Crippen LogP contribution in [0.5, 0.6) is 5.75 Å². The van der Waals surface area contributed by atoms with Gasteiger partial charge < -0.3 is 14.2 Å². The molecule has 0 unspecified atom stereocenters. The fraction of sp³-hybridized carbons (Fsp3) is 0.381. The average Bonchev–Trinajstić information content (AvgIpc) is 3.13. The summed E-state index contributed by atoms with van der Waals surface area (Å²) in [5.41, 5.74) is 2.02. The zero-order chi connectivity index (χ0) is 18.6. The molecular formula is C21H25N5O. The van der Waals surface area contributed by atoms with Crippen molar-refractivity contribution >= 4 is 5.82 Å². The van der Waals surface area contributed by atoms with Gasteiger partial charge in [-0.3, -0.25) is 0 Å². The van der Waals surface area contributed by atoms with E-state index in [2.05, 4.69) is 39.1 Å². The van der Waals surface area contributed by atoms with E-state index in [1.165, 1.54) is 12.0 Å². The predicted molar refractivity (Wildman–Crippen MR) is 106 cm³/mol. The van der Waals surface area contributed by atoms with Crippen LogP contribution in [0.15, 0.2) is 48.8 Å². The normalized spacial score (nSPS) is 17.1. The standard InChI is InChI=1S/C21H25N5O/c1-16-5-3-7-18(13-16)27-15-17-6-4-11-26(14-17)20-9-8-19(23-24-20)21-22-10-12-25(21)2/h3,5,7-10,12-13,17H,4,6,11,14-15H2,1-2H3/t17-/m0/s1. The summed E-state index contributed by atoms with van der Waals surface area (Å²) in [7, 11) is 1.96. The van der Waals surface area contributed by atoms with Crippen molar-refractivity contribution in [1.82, 2.24) is 19.7 Å². The van der Waals surface area contributed by atoms with E-state index in [9.17, 15) is 0 Å². The van der Waals surface area contributed by atoms with E-state index in [-0.39, 0.29) is 0 Å². The summed E-state index contributed by atoms with van der Waals surface area (Å²) in [6, 6.07) is 12.3. The highest BCUT2D eigenvalue weighted by Gasteiger charge is 2.22. The summed E-state index contributed by atoms with van der Waals surface area (Å²) >= 11 is 0. The Morgan fingerprint density at radius 1 is 1.19 bits per heavy atom. The minimum absolute atomic E-state index is 0.496. The number of hydrogen-bond acceptors (Lipinski definition) is 5. The van der Waals surface area contributed by atoms with Crippen LogP contribution in [0.2, 0.25) is 0 Å². The van der Waals surface area contributed by atoms with E-state index < -0.39 is 0 Å². The molecule has 0 bridgehead atoms. The molecule has 1 aliphatic rings. The molecule has 0 amide bonds. The number of hydrogen-bond donors (Lipinski definition) is 0. The molecule has 1 fully saturated rings. The molecule has 0 aliphatic carbocycles. The number of benzene rings is 1. The van der Waals surface area contributed by atoms with Gasteiger partial charge >= 0.3 is 0 Å². The van der Waals surface area contributed by atoms with E-state index in [4.69, 9.17) is 4.74 Å². The van der Waals surface area contributed by atoms with Crippen LogP contribution in [-0.2, 0) is 7.05 Å². The minimum atomic E-state index is 0.496. The van der Waals surface area contributed by atoms with Crippen LogP contribution in [0.1, 0.15) is 18.4 Å². The Bertz CT molecular complexity index is 890. The second kappa shape index (κ2) is 7.78. The van der Waals surface area contributed by atoms with Crippen LogP contribution in [0.4, 0.5) is 5.82 Å². The van der Waals surface area contributed by atoms with E-state index >= 15 is 0 Å². The van der Waals surface area contributed by atoms with Crippen molar-refractivity contribution in [2.45, 2.75) is 19.8 Å². The molecule has 1 atom stereocenters. The van der Waals surface area contributed by atoms with Gasteiger partial charge in [-0.25, -0.2) is 4.98 Å². The molecule has 0 N–H and O–H groups in total. The summed E-state index contributed by atoms with van der Waals surface area (Å²) in [5.74, 6) is 3.20. The summed E-state index contributed by atoms with van der Waals surface area (Å²) in [4.78, 5) is 6.64. The predicted octanol–water partition coefficient (Wildman–Crippen LogP) is 3.48. The van der Waals surface area contributed by atoms with Gasteiger partial charge in [0.15, 0.2) is 11.6 Å². The average molecular weight is 363 g/mol. The molecule has 140 valence electrons. The third-order valence-corrected chi connectivity index (χ3v) is 5.02. The van der Waals surface area contributed by atoms with Crippen LogP contribution in [0.3, 0.4) is 0 Å². The molecule has 0 spiro atoms. The van der Waals surface area contributed by atoms with E-state index in [0.29, 0.717) is 5.92 Å². The van der Waals surface area contributed by atoms with E-state index in [1.54, 1.807) is 6.20 Å². The van der Waals surface area contributed by atoms with E-state index in [1.807, 2.05) is 42.1 Å². The summed E-state index contributed by atoms with van der Waals surface area (Å²) in [5, 5.41) is 8.82. The van der Waals surface area contributed by atoms with Crippen molar-refractivity contribution in [3.05, 3.63) is 54.4 Å². The maximum atomic E-state index is 6.02. The van der Waals surface area contributed by atoms with Crippen molar-refractivity contribution in [3.63, 3.8) is 0 Å². The number of aromatic nitrogens is 4. The molecule has 3 aromatic rings. The Morgan fingerprint density at radius 3 is 2.85 bits per heavy atom. The van der Waals surface area contributed by atoms with Gasteiger partial charge in [0.25, 0.3) is 0 Å². The van der Waals surface area contributed by atoms with Crippen molar-refractivity contribution in [2.75, 3.05) is 24.6 Å². The van der Waals surface area contributed by atoms with Crippen LogP contribution in [-0.4, -0.2) is 39.4 Å². The first-order valence-corrected chi connectivity index (χ1v) is 9.45. The van der Waals surface area contributed by atoms with Crippen LogP contribution in [0, 0.1) is 12.8 Å². The zero-order valence-corrected chi connectivity index (χ0v) is 15.9. The van der Waals surface area contributed by atoms with Crippen molar-refractivity contribution < 1.29 is 4.74 Å². The molecule has 6 nitrogen and oxygen atoms in total. The Morgan fingerprint density at radius 2 is 2.11 bits per heavy atom. The van der Waals surface area contributed by atoms with Gasteiger partial charge in [-0.2, -0.15) is 0 Å². The van der Waals surface area contributed by atoms with E-state index in [0.717, 1.165) is 49.2 Å². The van der Waals surface area contributed by atoms with Gasteiger partial charge in [-0.15, -0.1) is 10.2 Å². The summed E-state index contributed by atoms with van der Waals surface area (Å²) in [6.07, 6.45) is 6.01. The lowest BCUT2D eigenvalue weighted by Gasteiger charge is -2.33. The molecule has 1 saturated heterocycles. The molecule has 2 aromatic heterocycles. The number of nitrogens with zero attached hydrogens (tertiary/aromatic N) is 5. The largest absolute Gasteiger partial charge is 0.493 e. The first-order valence-electron chi connectivity index (χ1n) is 9.45. The highest BCUT2D eigenvalue weighted by atomic mass is 16.5. The smallest absolute Gasteiger partial charge is 0.160 e. The zero-order valence-electron chi connectivity index (χ0n) is 15.9. The second-order valence-electron chi connectivity index (χ2n) is 7.22. The molecule has 1 aliphatic heterocycles. The Kier molecular flexibility index (Phi) is 5.05. The molecule has 0 saturated carbocycles. The number of piperidine rings is 1. The molecular weight excluding hydrogens is 338 g/mol. The van der Waals surface area contributed by atoms with Crippen LogP contribution >= 0.6 is 0 Å². The first-order chi connectivity index (χ1) is 13.2. The number of ether oxygens (including phenoxy) is 1. The van der Waals surface area contributed by atoms with Crippen LogP contribution < -0.4 is 9.64 Å². The minimum Gasteiger partial charge on any atom is -0.493 e. The lowest BCUT2D eigenvalue weighted by molar-refractivity contribution is 0.228. The number of imidazole rings is 1. The number of anilines is 1. The maximum absolute atomic E-state index is 6.02. The van der Waals surface area contributed by atoms with Crippen LogP contribution in [0.25, 0.3) is 11.5 Å². The Labute approximate surface area is 159 Å². The van der Waals surface area contributed by atoms with Gasteiger partial charge in [-0.1, -0.05) is 12.1 Å². The highest BCUT2D eigenvalue weighted by Crippen LogP contribution is 2.24. The van der Waals surface area contributed by atoms with Crippen molar-refractivity contribution in [1.29, 1.82) is 0 Å².